The summed E-state index contributed by atoms with van der Waals surface area (Å²) >= 11 is 5.79. The van der Waals surface area contributed by atoms with Crippen molar-refractivity contribution >= 4 is 24.0 Å². The Labute approximate surface area is 126 Å². The van der Waals surface area contributed by atoms with E-state index in [-0.39, 0.29) is 23.9 Å². The van der Waals surface area contributed by atoms with Crippen molar-refractivity contribution in [2.75, 3.05) is 0 Å². The zero-order valence-electron chi connectivity index (χ0n) is 10.5. The van der Waals surface area contributed by atoms with Crippen LogP contribution in [0.2, 0.25) is 5.02 Å². The van der Waals surface area contributed by atoms with Gasteiger partial charge in [0.2, 0.25) is 0 Å². The molecule has 3 N–H and O–H groups in total. The molecule has 0 aliphatic heterocycles. The molecule has 20 heavy (non-hydrogen) atoms. The predicted octanol–water partition coefficient (Wildman–Crippen LogP) is 3.94. The predicted molar refractivity (Wildman–Crippen MR) is 74.0 cm³/mol. The van der Waals surface area contributed by atoms with Crippen LogP contribution in [0.25, 0.3) is 0 Å². The second-order valence-corrected chi connectivity index (χ2v) is 5.29. The standard InChI is InChI=1S/C13H15ClF3NO.ClH/c14-10-8(5-2-6-9(10)13(15,16)17)11(18)12(19)7-3-1-4-7;/h2,5-7,11-12,19H,1,3-4,18H2;1H/t11-,12+;/m0./s1. The van der Waals surface area contributed by atoms with Crippen molar-refractivity contribution in [1.29, 1.82) is 0 Å². The SMILES string of the molecule is Cl.N[C@@H](c1cccc(C(F)(F)F)c1Cl)[C@H](O)C1CCC1. The van der Waals surface area contributed by atoms with Gasteiger partial charge in [-0.1, -0.05) is 30.2 Å². The summed E-state index contributed by atoms with van der Waals surface area (Å²) in [7, 11) is 0. The Morgan fingerprint density at radius 2 is 1.90 bits per heavy atom. The molecule has 0 saturated heterocycles. The first-order chi connectivity index (χ1) is 8.82. The average Bonchev–Trinajstić information content (AvgIpc) is 2.24. The van der Waals surface area contributed by atoms with Crippen LogP contribution in [0.4, 0.5) is 13.2 Å². The molecule has 0 unspecified atom stereocenters. The van der Waals surface area contributed by atoms with Gasteiger partial charge in [-0.25, -0.2) is 0 Å². The van der Waals surface area contributed by atoms with Gasteiger partial charge in [0, 0.05) is 0 Å². The highest BCUT2D eigenvalue weighted by Gasteiger charge is 2.36. The number of hydrogen-bond acceptors (Lipinski definition) is 2. The van der Waals surface area contributed by atoms with Gasteiger partial charge in [0.25, 0.3) is 0 Å². The molecule has 2 rings (SSSR count). The first kappa shape index (κ1) is 17.6. The molecular formula is C13H16Cl2F3NO. The first-order valence-electron chi connectivity index (χ1n) is 6.11. The maximum Gasteiger partial charge on any atom is 0.417 e. The Kier molecular flexibility index (Phi) is 5.72. The van der Waals surface area contributed by atoms with Crippen LogP contribution < -0.4 is 5.73 Å². The molecule has 114 valence electrons. The number of aliphatic hydroxyl groups is 1. The van der Waals surface area contributed by atoms with Gasteiger partial charge in [0.05, 0.1) is 22.7 Å². The summed E-state index contributed by atoms with van der Waals surface area (Å²) in [5.41, 5.74) is 5.10. The smallest absolute Gasteiger partial charge is 0.391 e. The van der Waals surface area contributed by atoms with Crippen molar-refractivity contribution in [2.45, 2.75) is 37.6 Å². The van der Waals surface area contributed by atoms with Crippen molar-refractivity contribution in [3.8, 4) is 0 Å². The van der Waals surface area contributed by atoms with Crippen LogP contribution in [0.3, 0.4) is 0 Å². The molecule has 7 heteroatoms. The van der Waals surface area contributed by atoms with Crippen LogP contribution >= 0.6 is 24.0 Å². The lowest BCUT2D eigenvalue weighted by Gasteiger charge is -2.34. The summed E-state index contributed by atoms with van der Waals surface area (Å²) in [4.78, 5) is 0. The third-order valence-corrected chi connectivity index (χ3v) is 4.12. The summed E-state index contributed by atoms with van der Waals surface area (Å²) < 4.78 is 38.2. The fourth-order valence-electron chi connectivity index (χ4n) is 2.28. The van der Waals surface area contributed by atoms with Crippen molar-refractivity contribution in [1.82, 2.24) is 0 Å². The Bertz CT molecular complexity index is 463. The molecule has 1 aromatic rings. The van der Waals surface area contributed by atoms with E-state index in [1.54, 1.807) is 0 Å². The molecule has 1 aliphatic carbocycles. The summed E-state index contributed by atoms with van der Waals surface area (Å²) in [6.07, 6.45) is -2.65. The number of aliphatic hydroxyl groups excluding tert-OH is 1. The Balaban J connectivity index is 0.00000200. The molecule has 0 amide bonds. The zero-order chi connectivity index (χ0) is 14.2. The van der Waals surface area contributed by atoms with Gasteiger partial charge >= 0.3 is 6.18 Å². The second-order valence-electron chi connectivity index (χ2n) is 4.91. The first-order valence-corrected chi connectivity index (χ1v) is 6.49. The minimum Gasteiger partial charge on any atom is -0.391 e. The molecule has 2 atom stereocenters. The van der Waals surface area contributed by atoms with Crippen molar-refractivity contribution in [3.63, 3.8) is 0 Å². The minimum absolute atomic E-state index is 0. The number of rotatable bonds is 3. The summed E-state index contributed by atoms with van der Waals surface area (Å²) in [5.74, 6) is 0.0561. The highest BCUT2D eigenvalue weighted by Crippen LogP contribution is 2.40. The number of nitrogens with two attached hydrogens (primary N) is 1. The van der Waals surface area contributed by atoms with Gasteiger partial charge < -0.3 is 10.8 Å². The second kappa shape index (κ2) is 6.52. The molecule has 1 fully saturated rings. The molecule has 0 radical (unpaired) electrons. The molecular weight excluding hydrogens is 314 g/mol. The van der Waals surface area contributed by atoms with E-state index in [4.69, 9.17) is 17.3 Å². The van der Waals surface area contributed by atoms with Crippen LogP contribution in [0, 0.1) is 5.92 Å². The van der Waals surface area contributed by atoms with Crippen LogP contribution in [-0.2, 0) is 6.18 Å². The number of hydrogen-bond donors (Lipinski definition) is 2. The Morgan fingerprint density at radius 1 is 1.30 bits per heavy atom. The van der Waals surface area contributed by atoms with Gasteiger partial charge in [0.15, 0.2) is 0 Å². The van der Waals surface area contributed by atoms with E-state index in [1.807, 2.05) is 0 Å². The monoisotopic (exact) mass is 329 g/mol. The molecule has 0 bridgehead atoms. The largest absolute Gasteiger partial charge is 0.417 e. The quantitative estimate of drug-likeness (QED) is 0.882. The topological polar surface area (TPSA) is 46.2 Å². The molecule has 0 heterocycles. The van der Waals surface area contributed by atoms with E-state index < -0.39 is 28.9 Å². The highest BCUT2D eigenvalue weighted by atomic mass is 35.5. The van der Waals surface area contributed by atoms with Crippen LogP contribution in [0.15, 0.2) is 18.2 Å². The van der Waals surface area contributed by atoms with Gasteiger partial charge in [0.1, 0.15) is 0 Å². The fourth-order valence-corrected chi connectivity index (χ4v) is 2.64. The molecule has 0 spiro atoms. The Hall–Kier alpha value is -0.490. The third kappa shape index (κ3) is 3.39. The molecule has 2 nitrogen and oxygen atoms in total. The zero-order valence-corrected chi connectivity index (χ0v) is 12.1. The van der Waals surface area contributed by atoms with Crippen molar-refractivity contribution in [3.05, 3.63) is 34.3 Å². The van der Waals surface area contributed by atoms with Gasteiger partial charge in [-0.05, 0) is 30.4 Å². The van der Waals surface area contributed by atoms with Gasteiger partial charge in [-0.2, -0.15) is 13.2 Å². The van der Waals surface area contributed by atoms with E-state index in [0.717, 1.165) is 25.3 Å². The van der Waals surface area contributed by atoms with Crippen LogP contribution in [0.5, 0.6) is 0 Å². The Morgan fingerprint density at radius 3 is 2.35 bits per heavy atom. The minimum atomic E-state index is -4.52. The van der Waals surface area contributed by atoms with E-state index in [0.29, 0.717) is 0 Å². The van der Waals surface area contributed by atoms with E-state index in [1.165, 1.54) is 12.1 Å². The summed E-state index contributed by atoms with van der Waals surface area (Å²) in [5, 5.41) is 9.63. The van der Waals surface area contributed by atoms with Crippen molar-refractivity contribution in [2.24, 2.45) is 11.7 Å². The molecule has 1 saturated carbocycles. The lowest BCUT2D eigenvalue weighted by molar-refractivity contribution is -0.137. The molecule has 1 aliphatic rings. The number of benzene rings is 1. The lowest BCUT2D eigenvalue weighted by Crippen LogP contribution is -2.36. The number of halogens is 5. The number of alkyl halides is 3. The van der Waals surface area contributed by atoms with E-state index >= 15 is 0 Å². The normalized spacial score (nSPS) is 18.9. The molecule has 0 aromatic heterocycles. The lowest BCUT2D eigenvalue weighted by atomic mass is 9.77. The maximum atomic E-state index is 12.7. The third-order valence-electron chi connectivity index (χ3n) is 3.69. The van der Waals surface area contributed by atoms with Crippen LogP contribution in [-0.4, -0.2) is 11.2 Å². The summed E-state index contributed by atoms with van der Waals surface area (Å²) in [6.45, 7) is 0. The van der Waals surface area contributed by atoms with Gasteiger partial charge in [-0.3, -0.25) is 0 Å². The molecule has 1 aromatic carbocycles. The highest BCUT2D eigenvalue weighted by molar-refractivity contribution is 6.32. The van der Waals surface area contributed by atoms with Gasteiger partial charge in [-0.15, -0.1) is 12.4 Å². The summed E-state index contributed by atoms with van der Waals surface area (Å²) in [6, 6.07) is 2.72. The van der Waals surface area contributed by atoms with E-state index in [2.05, 4.69) is 0 Å². The maximum absolute atomic E-state index is 12.7. The van der Waals surface area contributed by atoms with E-state index in [9.17, 15) is 18.3 Å². The average molecular weight is 330 g/mol. The van der Waals surface area contributed by atoms with Crippen molar-refractivity contribution < 1.29 is 18.3 Å². The van der Waals surface area contributed by atoms with Crippen LogP contribution in [0.1, 0.15) is 36.4 Å². The fraction of sp³-hybridized carbons (Fsp3) is 0.538.